The van der Waals surface area contributed by atoms with E-state index in [2.05, 4.69) is 92.4 Å². The van der Waals surface area contributed by atoms with E-state index >= 15 is 0 Å². The van der Waals surface area contributed by atoms with E-state index in [4.69, 9.17) is 14.0 Å². The van der Waals surface area contributed by atoms with Crippen LogP contribution >= 0.6 is 0 Å². The lowest BCUT2D eigenvalue weighted by molar-refractivity contribution is 0.145. The average Bonchev–Trinajstić information content (AvgIpc) is 3.22. The van der Waals surface area contributed by atoms with Gasteiger partial charge in [-0.3, -0.25) is 0 Å². The maximum atomic E-state index is 6.45. The van der Waals surface area contributed by atoms with Gasteiger partial charge in [-0.15, -0.1) is 0 Å². The first-order valence-electron chi connectivity index (χ1n) is 13.1. The van der Waals surface area contributed by atoms with Crippen molar-refractivity contribution in [3.63, 3.8) is 0 Å². The van der Waals surface area contributed by atoms with Gasteiger partial charge in [0.15, 0.2) is 11.5 Å². The maximum Gasteiger partial charge on any atom is 0.235 e. The molecule has 1 aliphatic heterocycles. The first-order valence-corrected chi connectivity index (χ1v) is 13.1. The van der Waals surface area contributed by atoms with Crippen LogP contribution in [0.3, 0.4) is 0 Å². The van der Waals surface area contributed by atoms with Crippen LogP contribution < -0.4 is 4.90 Å². The molecule has 1 unspecified atom stereocenters. The van der Waals surface area contributed by atoms with E-state index in [1.165, 1.54) is 16.7 Å². The molecule has 1 aromatic heterocycles. The van der Waals surface area contributed by atoms with Crippen LogP contribution in [-0.2, 0) is 22.5 Å². The summed E-state index contributed by atoms with van der Waals surface area (Å²) in [6, 6.07) is 17.1. The highest BCUT2D eigenvalue weighted by Gasteiger charge is 2.34. The lowest BCUT2D eigenvalue weighted by Gasteiger charge is -2.36. The first kappa shape index (κ1) is 25.6. The van der Waals surface area contributed by atoms with Crippen LogP contribution in [0.5, 0.6) is 0 Å². The van der Waals surface area contributed by atoms with Crippen molar-refractivity contribution in [2.24, 2.45) is 0 Å². The van der Waals surface area contributed by atoms with Gasteiger partial charge in [0.25, 0.3) is 0 Å². The minimum atomic E-state index is -0.0655. The highest BCUT2D eigenvalue weighted by Crippen LogP contribution is 2.37. The van der Waals surface area contributed by atoms with Crippen molar-refractivity contribution in [1.82, 2.24) is 5.16 Å². The molecule has 0 amide bonds. The minimum Gasteiger partial charge on any atom is -0.492 e. The largest absolute Gasteiger partial charge is 0.492 e. The molecule has 3 aromatic rings. The fourth-order valence-corrected chi connectivity index (χ4v) is 4.80. The molecule has 0 radical (unpaired) electrons. The molecule has 1 atom stereocenters. The Morgan fingerprint density at radius 1 is 1.00 bits per heavy atom. The number of hydrogen-bond acceptors (Lipinski definition) is 5. The number of aromatic nitrogens is 1. The third-order valence-corrected chi connectivity index (χ3v) is 6.80. The summed E-state index contributed by atoms with van der Waals surface area (Å²) in [5.74, 6) is 2.39. The third-order valence-electron chi connectivity index (χ3n) is 6.80. The smallest absolute Gasteiger partial charge is 0.235 e. The van der Waals surface area contributed by atoms with E-state index in [0.29, 0.717) is 13.2 Å². The number of aryl methyl sites for hydroxylation is 2. The molecule has 5 nitrogen and oxygen atoms in total. The second-order valence-corrected chi connectivity index (χ2v) is 9.29. The molecular weight excluding hydrogens is 448 g/mol. The molecule has 0 bridgehead atoms. The zero-order valence-electron chi connectivity index (χ0n) is 22.4. The van der Waals surface area contributed by atoms with Crippen molar-refractivity contribution in [2.45, 2.75) is 73.5 Å². The van der Waals surface area contributed by atoms with E-state index < -0.39 is 0 Å². The van der Waals surface area contributed by atoms with E-state index in [9.17, 15) is 0 Å². The number of benzene rings is 2. The Morgan fingerprint density at radius 2 is 1.78 bits per heavy atom. The molecule has 36 heavy (non-hydrogen) atoms. The summed E-state index contributed by atoms with van der Waals surface area (Å²) >= 11 is 0. The zero-order valence-corrected chi connectivity index (χ0v) is 22.4. The number of allylic oxidation sites excluding steroid dienone is 2. The fourth-order valence-electron chi connectivity index (χ4n) is 4.80. The SMILES string of the molecule is CCCC1=CC(OCc2ccc(-c3ccccc3)c(CC)c2)=C(OCC)C(C)N1c1onc(C)c1C. The topological polar surface area (TPSA) is 47.7 Å². The predicted molar refractivity (Wildman–Crippen MR) is 146 cm³/mol. The highest BCUT2D eigenvalue weighted by atomic mass is 16.5. The Kier molecular flexibility index (Phi) is 8.19. The average molecular weight is 487 g/mol. The van der Waals surface area contributed by atoms with Crippen LogP contribution in [0.15, 0.2) is 76.3 Å². The Morgan fingerprint density at radius 3 is 2.42 bits per heavy atom. The van der Waals surface area contributed by atoms with Gasteiger partial charge in [0.05, 0.1) is 18.3 Å². The Hall–Kier alpha value is -3.47. The van der Waals surface area contributed by atoms with Gasteiger partial charge in [0.2, 0.25) is 5.88 Å². The Balaban J connectivity index is 1.63. The van der Waals surface area contributed by atoms with Crippen LogP contribution in [0.25, 0.3) is 11.1 Å². The Labute approximate surface area is 215 Å². The molecule has 190 valence electrons. The first-order chi connectivity index (χ1) is 17.5. The molecule has 0 spiro atoms. The monoisotopic (exact) mass is 486 g/mol. The molecule has 5 heteroatoms. The van der Waals surface area contributed by atoms with Gasteiger partial charge in [-0.2, -0.15) is 0 Å². The molecule has 0 fully saturated rings. The standard InChI is InChI=1S/C31H38N2O3/c1-7-13-27-19-29(30(34-9-3)23(6)33(27)31-21(4)22(5)32-36-31)35-20-24-16-17-28(25(8-2)18-24)26-14-11-10-12-15-26/h10-12,14-19,23H,7-9,13,20H2,1-6H3. The molecular formula is C31H38N2O3. The molecule has 2 aromatic carbocycles. The quantitative estimate of drug-likeness (QED) is 0.292. The van der Waals surface area contributed by atoms with Crippen LogP contribution in [0.2, 0.25) is 0 Å². The highest BCUT2D eigenvalue weighted by molar-refractivity contribution is 5.67. The van der Waals surface area contributed by atoms with E-state index in [1.807, 2.05) is 13.8 Å². The number of nitrogens with zero attached hydrogens (tertiary/aromatic N) is 2. The Bertz CT molecular complexity index is 1240. The summed E-state index contributed by atoms with van der Waals surface area (Å²) in [7, 11) is 0. The van der Waals surface area contributed by atoms with Crippen molar-refractivity contribution < 1.29 is 14.0 Å². The summed E-state index contributed by atoms with van der Waals surface area (Å²) in [6.07, 6.45) is 5.00. The van der Waals surface area contributed by atoms with Gasteiger partial charge in [0, 0.05) is 17.3 Å². The maximum absolute atomic E-state index is 6.45. The second-order valence-electron chi connectivity index (χ2n) is 9.29. The molecule has 4 rings (SSSR count). The third kappa shape index (κ3) is 5.20. The van der Waals surface area contributed by atoms with Gasteiger partial charge < -0.3 is 18.9 Å². The molecule has 2 heterocycles. The van der Waals surface area contributed by atoms with Gasteiger partial charge >= 0.3 is 0 Å². The molecule has 0 saturated heterocycles. The number of rotatable bonds is 10. The summed E-state index contributed by atoms with van der Waals surface area (Å²) < 4.78 is 18.4. The summed E-state index contributed by atoms with van der Waals surface area (Å²) in [4.78, 5) is 2.21. The van der Waals surface area contributed by atoms with E-state index in [1.54, 1.807) is 0 Å². The van der Waals surface area contributed by atoms with Gasteiger partial charge in [-0.05, 0) is 62.8 Å². The van der Waals surface area contributed by atoms with Crippen molar-refractivity contribution in [2.75, 3.05) is 11.5 Å². The molecule has 0 N–H and O–H groups in total. The fraction of sp³-hybridized carbons (Fsp3) is 0.387. The predicted octanol–water partition coefficient (Wildman–Crippen LogP) is 7.88. The summed E-state index contributed by atoms with van der Waals surface area (Å²) in [5.41, 5.74) is 8.10. The van der Waals surface area contributed by atoms with Gasteiger partial charge in [-0.25, -0.2) is 0 Å². The van der Waals surface area contributed by atoms with E-state index in [-0.39, 0.29) is 6.04 Å². The van der Waals surface area contributed by atoms with Crippen LogP contribution in [-0.4, -0.2) is 17.8 Å². The van der Waals surface area contributed by atoms with Crippen LogP contribution in [0.1, 0.15) is 62.9 Å². The summed E-state index contributed by atoms with van der Waals surface area (Å²) in [5, 5.41) is 4.20. The lowest BCUT2D eigenvalue weighted by Crippen LogP contribution is -2.38. The van der Waals surface area contributed by atoms with Crippen molar-refractivity contribution >= 4 is 5.88 Å². The number of ether oxygens (including phenoxy) is 2. The van der Waals surface area contributed by atoms with Crippen molar-refractivity contribution in [1.29, 1.82) is 0 Å². The van der Waals surface area contributed by atoms with Crippen LogP contribution in [0.4, 0.5) is 5.88 Å². The molecule has 0 saturated carbocycles. The number of anilines is 1. The van der Waals surface area contributed by atoms with Crippen molar-refractivity contribution in [3.05, 3.63) is 94.2 Å². The minimum absolute atomic E-state index is 0.0655. The van der Waals surface area contributed by atoms with E-state index in [0.717, 1.165) is 59.2 Å². The molecule has 1 aliphatic rings. The second kappa shape index (κ2) is 11.5. The van der Waals surface area contributed by atoms with Gasteiger partial charge in [-0.1, -0.05) is 74.0 Å². The van der Waals surface area contributed by atoms with Crippen LogP contribution in [0, 0.1) is 13.8 Å². The lowest BCUT2D eigenvalue weighted by atomic mass is 9.96. The van der Waals surface area contributed by atoms with Crippen molar-refractivity contribution in [3.8, 4) is 11.1 Å². The normalized spacial score (nSPS) is 15.8. The summed E-state index contributed by atoms with van der Waals surface area (Å²) in [6.45, 7) is 13.6. The zero-order chi connectivity index (χ0) is 25.7. The van der Waals surface area contributed by atoms with Gasteiger partial charge in [0.1, 0.15) is 6.61 Å². The molecule has 0 aliphatic carbocycles. The number of hydrogen-bond donors (Lipinski definition) is 0.